The molecule has 20 heavy (non-hydrogen) atoms. The number of furan rings is 1. The summed E-state index contributed by atoms with van der Waals surface area (Å²) >= 11 is 0. The van der Waals surface area contributed by atoms with Crippen LogP contribution in [-0.2, 0) is 13.1 Å². The molecule has 0 unspecified atom stereocenters. The van der Waals surface area contributed by atoms with Crippen LogP contribution in [0.2, 0.25) is 0 Å². The standard InChI is InChI=1S/C13H16N4O3/c18-13(19)12-9-17(15-14-12)6-5-16(10-3-4-10)8-11-2-1-7-20-11/h1-2,7,9-10H,3-6,8H2,(H,18,19). The number of carboxylic acid groups (broad SMARTS) is 1. The van der Waals surface area contributed by atoms with Gasteiger partial charge in [0.25, 0.3) is 0 Å². The highest BCUT2D eigenvalue weighted by molar-refractivity contribution is 5.84. The highest BCUT2D eigenvalue weighted by Gasteiger charge is 2.29. The molecule has 7 heteroatoms. The van der Waals surface area contributed by atoms with Gasteiger partial charge in [-0.05, 0) is 25.0 Å². The van der Waals surface area contributed by atoms with E-state index in [0.29, 0.717) is 12.6 Å². The van der Waals surface area contributed by atoms with Gasteiger partial charge in [-0.25, -0.2) is 4.79 Å². The van der Waals surface area contributed by atoms with Gasteiger partial charge in [0.1, 0.15) is 5.76 Å². The van der Waals surface area contributed by atoms with Crippen molar-refractivity contribution in [3.8, 4) is 0 Å². The second kappa shape index (κ2) is 5.46. The van der Waals surface area contributed by atoms with Crippen LogP contribution in [0.4, 0.5) is 0 Å². The van der Waals surface area contributed by atoms with Crippen LogP contribution < -0.4 is 0 Å². The van der Waals surface area contributed by atoms with E-state index in [2.05, 4.69) is 15.2 Å². The van der Waals surface area contributed by atoms with Crippen molar-refractivity contribution in [1.29, 1.82) is 0 Å². The molecule has 0 spiro atoms. The first-order valence-corrected chi connectivity index (χ1v) is 6.62. The van der Waals surface area contributed by atoms with Crippen molar-refractivity contribution in [2.75, 3.05) is 6.54 Å². The number of aromatic carboxylic acids is 1. The van der Waals surface area contributed by atoms with Gasteiger partial charge in [0.15, 0.2) is 5.69 Å². The highest BCUT2D eigenvalue weighted by atomic mass is 16.4. The maximum atomic E-state index is 10.7. The monoisotopic (exact) mass is 276 g/mol. The molecule has 7 nitrogen and oxygen atoms in total. The topological polar surface area (TPSA) is 84.4 Å². The zero-order valence-corrected chi connectivity index (χ0v) is 11.0. The van der Waals surface area contributed by atoms with Crippen molar-refractivity contribution in [3.63, 3.8) is 0 Å². The summed E-state index contributed by atoms with van der Waals surface area (Å²) in [6.45, 7) is 2.20. The van der Waals surface area contributed by atoms with Crippen molar-refractivity contribution in [3.05, 3.63) is 36.0 Å². The van der Waals surface area contributed by atoms with Crippen molar-refractivity contribution in [1.82, 2.24) is 19.9 Å². The maximum absolute atomic E-state index is 10.7. The summed E-state index contributed by atoms with van der Waals surface area (Å²) in [5.74, 6) is -0.104. The summed E-state index contributed by atoms with van der Waals surface area (Å²) in [5, 5.41) is 16.2. The van der Waals surface area contributed by atoms with E-state index in [1.54, 1.807) is 10.9 Å². The number of rotatable bonds is 7. The normalized spacial score (nSPS) is 14.8. The van der Waals surface area contributed by atoms with Crippen LogP contribution in [0.25, 0.3) is 0 Å². The molecule has 0 atom stereocenters. The molecule has 2 aromatic rings. The highest BCUT2D eigenvalue weighted by Crippen LogP contribution is 2.28. The van der Waals surface area contributed by atoms with E-state index in [0.717, 1.165) is 18.8 Å². The summed E-state index contributed by atoms with van der Waals surface area (Å²) in [4.78, 5) is 13.1. The molecule has 3 rings (SSSR count). The summed E-state index contributed by atoms with van der Waals surface area (Å²) in [7, 11) is 0. The zero-order valence-electron chi connectivity index (χ0n) is 11.0. The Bertz CT molecular complexity index is 574. The van der Waals surface area contributed by atoms with Gasteiger partial charge in [-0.1, -0.05) is 5.21 Å². The minimum absolute atomic E-state index is 0.0194. The Balaban J connectivity index is 1.57. The lowest BCUT2D eigenvalue weighted by Gasteiger charge is -2.20. The van der Waals surface area contributed by atoms with E-state index < -0.39 is 5.97 Å². The maximum Gasteiger partial charge on any atom is 0.358 e. The molecule has 0 amide bonds. The first-order chi connectivity index (χ1) is 9.72. The second-order valence-corrected chi connectivity index (χ2v) is 4.95. The van der Waals surface area contributed by atoms with Crippen molar-refractivity contribution in [2.24, 2.45) is 0 Å². The van der Waals surface area contributed by atoms with Crippen LogP contribution in [0.3, 0.4) is 0 Å². The second-order valence-electron chi connectivity index (χ2n) is 4.95. The SMILES string of the molecule is O=C(O)c1cn(CCN(Cc2ccco2)C2CC2)nn1. The molecule has 1 N–H and O–H groups in total. The summed E-state index contributed by atoms with van der Waals surface area (Å²) in [6.07, 6.45) is 5.55. The lowest BCUT2D eigenvalue weighted by molar-refractivity contribution is 0.0690. The lowest BCUT2D eigenvalue weighted by atomic mass is 10.3. The Morgan fingerprint density at radius 2 is 2.40 bits per heavy atom. The molecule has 106 valence electrons. The van der Waals surface area contributed by atoms with Crippen LogP contribution in [-0.4, -0.2) is 43.6 Å². The van der Waals surface area contributed by atoms with Crippen molar-refractivity contribution >= 4 is 5.97 Å². The minimum Gasteiger partial charge on any atom is -0.476 e. The average Bonchev–Trinajstić information content (AvgIpc) is 2.95. The van der Waals surface area contributed by atoms with E-state index in [1.807, 2.05) is 12.1 Å². The largest absolute Gasteiger partial charge is 0.476 e. The number of hydrogen-bond donors (Lipinski definition) is 1. The first kappa shape index (κ1) is 12.9. The molecule has 0 bridgehead atoms. The third-order valence-electron chi connectivity index (χ3n) is 3.38. The summed E-state index contributed by atoms with van der Waals surface area (Å²) < 4.78 is 6.95. The molecular weight excluding hydrogens is 260 g/mol. The quantitative estimate of drug-likeness (QED) is 0.819. The zero-order chi connectivity index (χ0) is 13.9. The Labute approximate surface area is 115 Å². The number of hydrogen-bond acceptors (Lipinski definition) is 5. The molecule has 0 aromatic carbocycles. The number of aromatic nitrogens is 3. The van der Waals surface area contributed by atoms with Crippen LogP contribution in [0, 0.1) is 0 Å². The van der Waals surface area contributed by atoms with E-state index in [-0.39, 0.29) is 5.69 Å². The Kier molecular flexibility index (Phi) is 3.51. The van der Waals surface area contributed by atoms with Gasteiger partial charge in [-0.3, -0.25) is 9.58 Å². The molecule has 2 heterocycles. The van der Waals surface area contributed by atoms with E-state index in [1.165, 1.54) is 19.0 Å². The molecule has 1 aliphatic carbocycles. The molecule has 1 aliphatic rings. The fraction of sp³-hybridized carbons (Fsp3) is 0.462. The predicted octanol–water partition coefficient (Wildman–Crippen LogP) is 1.23. The first-order valence-electron chi connectivity index (χ1n) is 6.62. The lowest BCUT2D eigenvalue weighted by Crippen LogP contribution is -2.29. The van der Waals surface area contributed by atoms with Gasteiger partial charge in [-0.15, -0.1) is 5.10 Å². The van der Waals surface area contributed by atoms with Crippen LogP contribution >= 0.6 is 0 Å². The molecule has 0 saturated heterocycles. The van der Waals surface area contributed by atoms with Gasteiger partial charge in [0.05, 0.1) is 25.5 Å². The third kappa shape index (κ3) is 3.05. The third-order valence-corrected chi connectivity index (χ3v) is 3.38. The van der Waals surface area contributed by atoms with Gasteiger partial charge in [0, 0.05) is 12.6 Å². The molecule has 1 saturated carbocycles. The van der Waals surface area contributed by atoms with Gasteiger partial charge < -0.3 is 9.52 Å². The smallest absolute Gasteiger partial charge is 0.358 e. The average molecular weight is 276 g/mol. The van der Waals surface area contributed by atoms with Crippen LogP contribution in [0.1, 0.15) is 29.1 Å². The number of nitrogens with zero attached hydrogens (tertiary/aromatic N) is 4. The predicted molar refractivity (Wildman–Crippen MR) is 69.1 cm³/mol. The molecule has 1 fully saturated rings. The van der Waals surface area contributed by atoms with E-state index in [4.69, 9.17) is 9.52 Å². The molecule has 0 aliphatic heterocycles. The fourth-order valence-electron chi connectivity index (χ4n) is 2.17. The molecular formula is C13H16N4O3. The van der Waals surface area contributed by atoms with E-state index in [9.17, 15) is 4.79 Å². The van der Waals surface area contributed by atoms with Crippen LogP contribution in [0.15, 0.2) is 29.0 Å². The number of carboxylic acids is 1. The summed E-state index contributed by atoms with van der Waals surface area (Å²) in [6, 6.07) is 4.45. The van der Waals surface area contributed by atoms with Crippen molar-refractivity contribution < 1.29 is 14.3 Å². The van der Waals surface area contributed by atoms with Gasteiger partial charge >= 0.3 is 5.97 Å². The summed E-state index contributed by atoms with van der Waals surface area (Å²) in [5.41, 5.74) is -0.0194. The number of carbonyl (C=O) groups is 1. The Morgan fingerprint density at radius 3 is 3.00 bits per heavy atom. The minimum atomic E-state index is -1.05. The molecule has 2 aromatic heterocycles. The fourth-order valence-corrected chi connectivity index (χ4v) is 2.17. The van der Waals surface area contributed by atoms with Gasteiger partial charge in [0.2, 0.25) is 0 Å². The van der Waals surface area contributed by atoms with Gasteiger partial charge in [-0.2, -0.15) is 0 Å². The van der Waals surface area contributed by atoms with Crippen molar-refractivity contribution in [2.45, 2.75) is 32.0 Å². The Hall–Kier alpha value is -2.15. The van der Waals surface area contributed by atoms with Crippen LogP contribution in [0.5, 0.6) is 0 Å². The van der Waals surface area contributed by atoms with E-state index >= 15 is 0 Å². The molecule has 0 radical (unpaired) electrons. The Morgan fingerprint density at radius 1 is 1.55 bits per heavy atom.